The van der Waals surface area contributed by atoms with Crippen LogP contribution in [0, 0.1) is 0 Å². The zero-order chi connectivity index (χ0) is 20.5. The van der Waals surface area contributed by atoms with E-state index < -0.39 is 6.17 Å². The molecule has 0 bridgehead atoms. The smallest absolute Gasteiger partial charge is 0.276 e. The first kappa shape index (κ1) is 18.8. The Kier molecular flexibility index (Phi) is 4.98. The van der Waals surface area contributed by atoms with Gasteiger partial charge in [-0.15, -0.1) is 5.10 Å². The molecule has 148 valence electrons. The molecule has 0 saturated carbocycles. The number of thioether (sulfide) groups is 1. The van der Waals surface area contributed by atoms with Crippen LogP contribution in [0.3, 0.4) is 0 Å². The fraction of sp³-hybridized carbons (Fsp3) is 0.0909. The molecule has 0 radical (unpaired) electrons. The zero-order valence-corrected chi connectivity index (χ0v) is 17.3. The Hall–Kier alpha value is -3.16. The minimum atomic E-state index is -0.516. The van der Waals surface area contributed by atoms with E-state index in [0.717, 1.165) is 21.8 Å². The van der Waals surface area contributed by atoms with Crippen molar-refractivity contribution in [3.05, 3.63) is 99.8 Å². The Morgan fingerprint density at radius 1 is 1.03 bits per heavy atom. The van der Waals surface area contributed by atoms with Gasteiger partial charge < -0.3 is 0 Å². The maximum absolute atomic E-state index is 13.1. The number of nitrogens with one attached hydrogen (secondary N) is 1. The van der Waals surface area contributed by atoms with Crippen molar-refractivity contribution in [1.82, 2.24) is 15.3 Å². The van der Waals surface area contributed by atoms with Gasteiger partial charge in [-0.1, -0.05) is 65.8 Å². The highest BCUT2D eigenvalue weighted by Gasteiger charge is 2.34. The molecule has 1 aromatic heterocycles. The summed E-state index contributed by atoms with van der Waals surface area (Å²) >= 11 is 7.68. The van der Waals surface area contributed by atoms with Crippen molar-refractivity contribution < 1.29 is 4.79 Å². The van der Waals surface area contributed by atoms with Crippen molar-refractivity contribution >= 4 is 40.1 Å². The summed E-state index contributed by atoms with van der Waals surface area (Å²) in [5.41, 5.74) is 2.17. The van der Waals surface area contributed by atoms with Gasteiger partial charge in [-0.05, 0) is 29.8 Å². The number of carbonyl (C=O) groups excluding carboxylic acids is 1. The molecule has 1 amide bonds. The summed E-state index contributed by atoms with van der Waals surface area (Å²) < 4.78 is 0. The number of benzene rings is 2. The first-order valence-electron chi connectivity index (χ1n) is 9.34. The fourth-order valence-corrected chi connectivity index (χ4v) is 4.51. The van der Waals surface area contributed by atoms with E-state index in [0.29, 0.717) is 21.6 Å². The third-order valence-corrected chi connectivity index (χ3v) is 6.07. The standard InChI is InChI=1S/C22H16ClN5OS/c23-16-9-3-1-7-14(16)13-30-22-26-21(29)19-15-8-2-4-10-17(15)25-20(28(19)27-22)18-11-5-6-12-24-18/h1-12,20H,13H2,(H,26,27,29)/t20-/m0/s1. The lowest BCUT2D eigenvalue weighted by Crippen LogP contribution is -2.50. The molecule has 0 spiro atoms. The topological polar surface area (TPSA) is 70.0 Å². The SMILES string of the molecule is O=C1NC(SCc2ccccc2Cl)=NN2C1=c1ccccc1=N[C@@H]2c1ccccn1. The maximum Gasteiger partial charge on any atom is 0.276 e. The van der Waals surface area contributed by atoms with Crippen LogP contribution in [0.1, 0.15) is 17.4 Å². The van der Waals surface area contributed by atoms with Crippen molar-refractivity contribution in [2.45, 2.75) is 11.9 Å². The summed E-state index contributed by atoms with van der Waals surface area (Å²) in [5, 5.41) is 12.0. The van der Waals surface area contributed by atoms with Crippen LogP contribution in [-0.4, -0.2) is 21.1 Å². The van der Waals surface area contributed by atoms with E-state index in [9.17, 15) is 4.79 Å². The average molecular weight is 434 g/mol. The predicted molar refractivity (Wildman–Crippen MR) is 118 cm³/mol. The molecule has 2 aliphatic rings. The number of aromatic nitrogens is 1. The number of halogens is 1. The van der Waals surface area contributed by atoms with E-state index in [1.807, 2.05) is 66.7 Å². The first-order valence-corrected chi connectivity index (χ1v) is 10.7. The quantitative estimate of drug-likeness (QED) is 0.689. The number of amidine groups is 1. The van der Waals surface area contributed by atoms with Crippen LogP contribution in [0.4, 0.5) is 0 Å². The largest absolute Gasteiger partial charge is 0.298 e. The first-order chi connectivity index (χ1) is 14.7. The Labute approximate surface area is 182 Å². The monoisotopic (exact) mass is 433 g/mol. The van der Waals surface area contributed by atoms with E-state index >= 15 is 0 Å². The van der Waals surface area contributed by atoms with Crippen molar-refractivity contribution in [2.75, 3.05) is 0 Å². The van der Waals surface area contributed by atoms with Gasteiger partial charge in [-0.3, -0.25) is 20.1 Å². The van der Waals surface area contributed by atoms with Crippen LogP contribution < -0.4 is 15.9 Å². The van der Waals surface area contributed by atoms with Crippen molar-refractivity contribution in [3.63, 3.8) is 0 Å². The van der Waals surface area contributed by atoms with Crippen LogP contribution in [0.25, 0.3) is 5.70 Å². The van der Waals surface area contributed by atoms with Gasteiger partial charge in [-0.25, -0.2) is 5.01 Å². The molecule has 0 fully saturated rings. The molecule has 0 aliphatic carbocycles. The van der Waals surface area contributed by atoms with Gasteiger partial charge in [0.15, 0.2) is 11.3 Å². The van der Waals surface area contributed by atoms with Gasteiger partial charge in [0, 0.05) is 22.2 Å². The summed E-state index contributed by atoms with van der Waals surface area (Å²) in [6, 6.07) is 20.8. The lowest BCUT2D eigenvalue weighted by molar-refractivity contribution is -0.116. The molecular formula is C22H16ClN5OS. The normalized spacial score (nSPS) is 17.4. The summed E-state index contributed by atoms with van der Waals surface area (Å²) in [5.74, 6) is 0.374. The van der Waals surface area contributed by atoms with Crippen molar-refractivity contribution in [3.8, 4) is 0 Å². The van der Waals surface area contributed by atoms with Gasteiger partial charge in [0.2, 0.25) is 0 Å². The highest BCUT2D eigenvalue weighted by Crippen LogP contribution is 2.30. The number of amides is 1. The van der Waals surface area contributed by atoms with Crippen LogP contribution in [0.2, 0.25) is 5.02 Å². The van der Waals surface area contributed by atoms with Crippen LogP contribution >= 0.6 is 23.4 Å². The van der Waals surface area contributed by atoms with Gasteiger partial charge >= 0.3 is 0 Å². The minimum Gasteiger partial charge on any atom is -0.298 e. The predicted octanol–water partition coefficient (Wildman–Crippen LogP) is 2.81. The Morgan fingerprint density at radius 2 is 1.83 bits per heavy atom. The van der Waals surface area contributed by atoms with E-state index in [4.69, 9.17) is 21.7 Å². The molecule has 6 nitrogen and oxygen atoms in total. The molecule has 1 N–H and O–H groups in total. The van der Waals surface area contributed by atoms with Crippen molar-refractivity contribution in [1.29, 1.82) is 0 Å². The van der Waals surface area contributed by atoms with E-state index in [1.165, 1.54) is 11.8 Å². The second-order valence-corrected chi connectivity index (χ2v) is 8.08. The summed E-state index contributed by atoms with van der Waals surface area (Å²) in [7, 11) is 0. The van der Waals surface area contributed by atoms with E-state index in [2.05, 4.69) is 10.3 Å². The van der Waals surface area contributed by atoms with Gasteiger partial charge in [0.05, 0.1) is 11.1 Å². The lowest BCUT2D eigenvalue weighted by atomic mass is 10.1. The number of hydrogen-bond donors (Lipinski definition) is 1. The molecule has 2 aliphatic heterocycles. The molecule has 30 heavy (non-hydrogen) atoms. The number of fused-ring (bicyclic) bond motifs is 2. The van der Waals surface area contributed by atoms with Crippen LogP contribution in [-0.2, 0) is 10.5 Å². The summed E-state index contributed by atoms with van der Waals surface area (Å²) in [6.45, 7) is 0. The average Bonchev–Trinajstić information content (AvgIpc) is 2.78. The number of pyridine rings is 1. The second kappa shape index (κ2) is 7.93. The summed E-state index contributed by atoms with van der Waals surface area (Å²) in [4.78, 5) is 22.4. The molecule has 3 aromatic rings. The number of hydrazone groups is 1. The van der Waals surface area contributed by atoms with Crippen LogP contribution in [0.5, 0.6) is 0 Å². The number of para-hydroxylation sites is 1. The highest BCUT2D eigenvalue weighted by molar-refractivity contribution is 8.13. The molecule has 0 saturated heterocycles. The van der Waals surface area contributed by atoms with Gasteiger partial charge in [0.1, 0.15) is 5.70 Å². The second-order valence-electron chi connectivity index (χ2n) is 6.71. The number of nitrogens with zero attached hydrogens (tertiary/aromatic N) is 4. The summed E-state index contributed by atoms with van der Waals surface area (Å²) in [6.07, 6.45) is 1.20. The number of rotatable bonds is 3. The molecule has 8 heteroatoms. The molecule has 0 unspecified atom stereocenters. The maximum atomic E-state index is 13.1. The highest BCUT2D eigenvalue weighted by atomic mass is 35.5. The number of hydrogen-bond acceptors (Lipinski definition) is 6. The Morgan fingerprint density at radius 3 is 2.67 bits per heavy atom. The van der Waals surface area contributed by atoms with Gasteiger partial charge in [0.25, 0.3) is 5.91 Å². The third-order valence-electron chi connectivity index (χ3n) is 4.79. The van der Waals surface area contributed by atoms with Gasteiger partial charge in [-0.2, -0.15) is 0 Å². The zero-order valence-electron chi connectivity index (χ0n) is 15.7. The lowest BCUT2D eigenvalue weighted by Gasteiger charge is -2.33. The Bertz CT molecular complexity index is 1280. The number of carbonyl (C=O) groups is 1. The molecular weight excluding hydrogens is 418 g/mol. The van der Waals surface area contributed by atoms with E-state index in [-0.39, 0.29) is 5.91 Å². The minimum absolute atomic E-state index is 0.213. The molecule has 5 rings (SSSR count). The molecule has 1 atom stereocenters. The molecule has 3 heterocycles. The molecule has 2 aromatic carbocycles. The fourth-order valence-electron chi connectivity index (χ4n) is 3.38. The van der Waals surface area contributed by atoms with Crippen LogP contribution in [0.15, 0.2) is 83.0 Å². The van der Waals surface area contributed by atoms with E-state index in [1.54, 1.807) is 11.2 Å². The Balaban J connectivity index is 1.56. The van der Waals surface area contributed by atoms with Crippen molar-refractivity contribution in [2.24, 2.45) is 10.1 Å². The third kappa shape index (κ3) is 3.46.